The van der Waals surface area contributed by atoms with Crippen molar-refractivity contribution in [2.75, 3.05) is 6.61 Å². The van der Waals surface area contributed by atoms with Gasteiger partial charge < -0.3 is 4.74 Å². The summed E-state index contributed by atoms with van der Waals surface area (Å²) in [7, 11) is 0. The Morgan fingerprint density at radius 1 is 1.20 bits per heavy atom. The fraction of sp³-hybridized carbons (Fsp3) is 0.571. The zero-order chi connectivity index (χ0) is 10.8. The summed E-state index contributed by atoms with van der Waals surface area (Å²) in [5.74, 6) is 1.94. The van der Waals surface area contributed by atoms with Gasteiger partial charge in [0.25, 0.3) is 0 Å². The number of ether oxygens (including phenoxy) is 1. The molecule has 82 valence electrons. The topological polar surface area (TPSA) is 9.23 Å². The van der Waals surface area contributed by atoms with E-state index in [1.165, 1.54) is 5.56 Å². The van der Waals surface area contributed by atoms with E-state index in [4.69, 9.17) is 4.74 Å². The number of hydrogen-bond acceptors (Lipinski definition) is 1. The van der Waals surface area contributed by atoms with Crippen LogP contribution < -0.4 is 0 Å². The summed E-state index contributed by atoms with van der Waals surface area (Å²) in [4.78, 5) is 0. The quantitative estimate of drug-likeness (QED) is 0.717. The van der Waals surface area contributed by atoms with Crippen LogP contribution in [-0.4, -0.2) is 12.7 Å². The smallest absolute Gasteiger partial charge is 0.0619 e. The summed E-state index contributed by atoms with van der Waals surface area (Å²) < 4.78 is 5.79. The molecule has 1 nitrogen and oxygen atoms in total. The van der Waals surface area contributed by atoms with Crippen LogP contribution in [0.2, 0.25) is 0 Å². The Kier molecular flexibility index (Phi) is 3.11. The lowest BCUT2D eigenvalue weighted by atomic mass is 9.79. The Morgan fingerprint density at radius 2 is 1.87 bits per heavy atom. The van der Waals surface area contributed by atoms with E-state index >= 15 is 0 Å². The van der Waals surface area contributed by atoms with E-state index in [2.05, 4.69) is 51.1 Å². The molecule has 15 heavy (non-hydrogen) atoms. The lowest BCUT2D eigenvalue weighted by molar-refractivity contribution is 0.113. The summed E-state index contributed by atoms with van der Waals surface area (Å²) in [6.45, 7) is 7.70. The number of benzene rings is 1. The predicted octanol–water partition coefficient (Wildman–Crippen LogP) is 3.46. The van der Waals surface area contributed by atoms with Crippen LogP contribution in [0.5, 0.6) is 0 Å². The Hall–Kier alpha value is -0.820. The molecule has 0 aromatic heterocycles. The third-order valence-electron chi connectivity index (χ3n) is 3.56. The average molecular weight is 204 g/mol. The van der Waals surface area contributed by atoms with Crippen LogP contribution in [0, 0.1) is 11.8 Å². The van der Waals surface area contributed by atoms with E-state index in [0.29, 0.717) is 23.9 Å². The molecule has 1 aliphatic heterocycles. The lowest BCUT2D eigenvalue weighted by Gasteiger charge is -2.23. The molecule has 0 aliphatic carbocycles. The first-order valence-corrected chi connectivity index (χ1v) is 5.86. The monoisotopic (exact) mass is 204 g/mol. The molecule has 1 heterocycles. The van der Waals surface area contributed by atoms with Gasteiger partial charge in [-0.3, -0.25) is 0 Å². The molecule has 0 spiro atoms. The Morgan fingerprint density at radius 3 is 2.47 bits per heavy atom. The fourth-order valence-electron chi connectivity index (χ4n) is 2.62. The second-order valence-electron chi connectivity index (χ2n) is 4.88. The van der Waals surface area contributed by atoms with Crippen LogP contribution in [0.1, 0.15) is 32.3 Å². The second kappa shape index (κ2) is 4.36. The van der Waals surface area contributed by atoms with Crippen molar-refractivity contribution < 1.29 is 4.74 Å². The van der Waals surface area contributed by atoms with Crippen LogP contribution in [0.25, 0.3) is 0 Å². The van der Waals surface area contributed by atoms with Crippen molar-refractivity contribution in [1.82, 2.24) is 0 Å². The van der Waals surface area contributed by atoms with E-state index in [1.54, 1.807) is 0 Å². The van der Waals surface area contributed by atoms with Crippen molar-refractivity contribution >= 4 is 0 Å². The standard InChI is InChI=1S/C14H20O/c1-10(2)13-9-15-11(3)14(13)12-7-5-4-6-8-12/h4-8,10-11,13-14H,9H2,1-3H3/t11-,13-,14+/m0/s1. The molecule has 0 radical (unpaired) electrons. The van der Waals surface area contributed by atoms with Gasteiger partial charge in [-0.2, -0.15) is 0 Å². The molecule has 0 N–H and O–H groups in total. The van der Waals surface area contributed by atoms with Gasteiger partial charge in [0.05, 0.1) is 12.7 Å². The highest BCUT2D eigenvalue weighted by atomic mass is 16.5. The maximum Gasteiger partial charge on any atom is 0.0619 e. The van der Waals surface area contributed by atoms with E-state index < -0.39 is 0 Å². The molecule has 1 aromatic rings. The summed E-state index contributed by atoms with van der Waals surface area (Å²) in [6, 6.07) is 10.8. The van der Waals surface area contributed by atoms with Crippen molar-refractivity contribution in [2.24, 2.45) is 11.8 Å². The summed E-state index contributed by atoms with van der Waals surface area (Å²) in [5.41, 5.74) is 1.43. The van der Waals surface area contributed by atoms with Crippen LogP contribution in [-0.2, 0) is 4.74 Å². The first kappa shape index (κ1) is 10.7. The Bertz CT molecular complexity index is 304. The van der Waals surface area contributed by atoms with Gasteiger partial charge in [-0.05, 0) is 24.3 Å². The lowest BCUT2D eigenvalue weighted by Crippen LogP contribution is -2.19. The average Bonchev–Trinajstić information content (AvgIpc) is 2.61. The molecule has 1 heteroatoms. The van der Waals surface area contributed by atoms with Gasteiger partial charge in [0.2, 0.25) is 0 Å². The van der Waals surface area contributed by atoms with Gasteiger partial charge in [-0.1, -0.05) is 44.2 Å². The van der Waals surface area contributed by atoms with Gasteiger partial charge in [-0.25, -0.2) is 0 Å². The van der Waals surface area contributed by atoms with Crippen LogP contribution in [0.15, 0.2) is 30.3 Å². The molecule has 0 amide bonds. The normalized spacial score (nSPS) is 31.1. The zero-order valence-corrected chi connectivity index (χ0v) is 9.81. The molecule has 0 unspecified atom stereocenters. The minimum atomic E-state index is 0.361. The molecule has 2 rings (SSSR count). The minimum absolute atomic E-state index is 0.361. The van der Waals surface area contributed by atoms with E-state index in [0.717, 1.165) is 6.61 Å². The SMILES string of the molecule is CC(C)[C@@H]1CO[C@@H](C)[C@@H]1c1ccccc1. The van der Waals surface area contributed by atoms with Gasteiger partial charge in [0, 0.05) is 5.92 Å². The second-order valence-corrected chi connectivity index (χ2v) is 4.88. The van der Waals surface area contributed by atoms with Crippen LogP contribution in [0.4, 0.5) is 0 Å². The first-order valence-electron chi connectivity index (χ1n) is 5.86. The van der Waals surface area contributed by atoms with E-state index in [1.807, 2.05) is 0 Å². The van der Waals surface area contributed by atoms with Crippen molar-refractivity contribution in [3.63, 3.8) is 0 Å². The van der Waals surface area contributed by atoms with Crippen LogP contribution >= 0.6 is 0 Å². The van der Waals surface area contributed by atoms with Gasteiger partial charge >= 0.3 is 0 Å². The largest absolute Gasteiger partial charge is 0.378 e. The molecular formula is C14H20O. The van der Waals surface area contributed by atoms with Gasteiger partial charge in [-0.15, -0.1) is 0 Å². The Labute approximate surface area is 92.5 Å². The highest BCUT2D eigenvalue weighted by Gasteiger charge is 2.36. The molecule has 1 aliphatic rings. The highest BCUT2D eigenvalue weighted by molar-refractivity contribution is 5.22. The molecule has 1 aromatic carbocycles. The molecular weight excluding hydrogens is 184 g/mol. The molecule has 0 saturated carbocycles. The molecule has 1 saturated heterocycles. The zero-order valence-electron chi connectivity index (χ0n) is 9.81. The molecule has 3 atom stereocenters. The maximum atomic E-state index is 5.79. The van der Waals surface area contributed by atoms with Crippen molar-refractivity contribution in [2.45, 2.75) is 32.8 Å². The fourth-order valence-corrected chi connectivity index (χ4v) is 2.62. The minimum Gasteiger partial charge on any atom is -0.378 e. The summed E-state index contributed by atoms with van der Waals surface area (Å²) in [6.07, 6.45) is 0.361. The van der Waals surface area contributed by atoms with Crippen LogP contribution in [0.3, 0.4) is 0 Å². The third-order valence-corrected chi connectivity index (χ3v) is 3.56. The van der Waals surface area contributed by atoms with Crippen molar-refractivity contribution in [3.05, 3.63) is 35.9 Å². The highest BCUT2D eigenvalue weighted by Crippen LogP contribution is 2.39. The van der Waals surface area contributed by atoms with Gasteiger partial charge in [0.1, 0.15) is 0 Å². The number of hydrogen-bond donors (Lipinski definition) is 0. The number of rotatable bonds is 2. The Balaban J connectivity index is 2.25. The molecule has 0 bridgehead atoms. The summed E-state index contributed by atoms with van der Waals surface area (Å²) >= 11 is 0. The summed E-state index contributed by atoms with van der Waals surface area (Å²) in [5, 5.41) is 0. The first-order chi connectivity index (χ1) is 7.20. The van der Waals surface area contributed by atoms with Crippen molar-refractivity contribution in [1.29, 1.82) is 0 Å². The predicted molar refractivity (Wildman–Crippen MR) is 62.9 cm³/mol. The van der Waals surface area contributed by atoms with E-state index in [-0.39, 0.29) is 0 Å². The third kappa shape index (κ3) is 2.07. The maximum absolute atomic E-state index is 5.79. The molecule has 1 fully saturated rings. The van der Waals surface area contributed by atoms with E-state index in [9.17, 15) is 0 Å². The van der Waals surface area contributed by atoms with Gasteiger partial charge in [0.15, 0.2) is 0 Å². The van der Waals surface area contributed by atoms with Crippen molar-refractivity contribution in [3.8, 4) is 0 Å².